The number of nitrogens with one attached hydrogen (secondary N) is 1. The molecule has 5 nitrogen and oxygen atoms in total. The molecule has 1 heterocycles. The normalized spacial score (nSPS) is 11.8. The second-order valence-corrected chi connectivity index (χ2v) is 9.49. The van der Waals surface area contributed by atoms with Crippen LogP contribution in [-0.4, -0.2) is 18.2 Å². The molecule has 8 heteroatoms. The van der Waals surface area contributed by atoms with Crippen LogP contribution in [0.2, 0.25) is 10.0 Å². The van der Waals surface area contributed by atoms with Crippen LogP contribution in [0, 0.1) is 5.92 Å². The lowest BCUT2D eigenvalue weighted by atomic mass is 10.0. The number of hydrogen-bond donors (Lipinski definition) is 1. The smallest absolute Gasteiger partial charge is 0.263 e. The molecule has 3 aromatic rings. The second-order valence-electron chi connectivity index (χ2n) is 6.99. The lowest BCUT2D eigenvalue weighted by molar-refractivity contribution is 0.600. The van der Waals surface area contributed by atoms with E-state index in [9.17, 15) is 8.42 Å². The summed E-state index contributed by atoms with van der Waals surface area (Å²) >= 11 is 11.9. The van der Waals surface area contributed by atoms with E-state index in [0.29, 0.717) is 22.5 Å². The lowest BCUT2D eigenvalue weighted by Crippen LogP contribution is -2.14. The third-order valence-electron chi connectivity index (χ3n) is 4.09. The van der Waals surface area contributed by atoms with E-state index in [1.807, 2.05) is 18.2 Å². The highest BCUT2D eigenvalue weighted by atomic mass is 35.5. The molecule has 0 saturated carbocycles. The fourth-order valence-electron chi connectivity index (χ4n) is 2.80. The molecular formula is C20H21Cl2N3O2S. The number of benzene rings is 2. The number of halogens is 2. The minimum atomic E-state index is -3.69. The summed E-state index contributed by atoms with van der Waals surface area (Å²) in [5, 5.41) is 5.23. The van der Waals surface area contributed by atoms with Gasteiger partial charge in [0, 0.05) is 12.3 Å². The van der Waals surface area contributed by atoms with Crippen LogP contribution in [0.5, 0.6) is 0 Å². The highest BCUT2D eigenvalue weighted by molar-refractivity contribution is 7.92. The Labute approximate surface area is 175 Å². The summed E-state index contributed by atoms with van der Waals surface area (Å²) in [5.74, 6) is 0.770. The predicted molar refractivity (Wildman–Crippen MR) is 114 cm³/mol. The molecule has 0 fully saturated rings. The maximum Gasteiger partial charge on any atom is 0.263 e. The molecule has 0 aliphatic heterocycles. The molecule has 0 radical (unpaired) electrons. The second kappa shape index (κ2) is 8.55. The fourth-order valence-corrected chi connectivity index (χ4v) is 4.12. The molecule has 0 amide bonds. The molecule has 0 atom stereocenters. The van der Waals surface area contributed by atoms with Crippen LogP contribution in [-0.2, 0) is 23.0 Å². The van der Waals surface area contributed by atoms with Gasteiger partial charge in [-0.1, -0.05) is 55.2 Å². The van der Waals surface area contributed by atoms with Gasteiger partial charge in [-0.25, -0.2) is 8.42 Å². The molecule has 0 unspecified atom stereocenters. The van der Waals surface area contributed by atoms with Gasteiger partial charge in [-0.15, -0.1) is 0 Å². The van der Waals surface area contributed by atoms with E-state index in [4.69, 9.17) is 23.2 Å². The molecule has 0 bridgehead atoms. The van der Waals surface area contributed by atoms with Crippen molar-refractivity contribution in [1.29, 1.82) is 0 Å². The summed E-state index contributed by atoms with van der Waals surface area (Å²) in [7, 11) is -3.69. The first-order valence-electron chi connectivity index (χ1n) is 8.82. The fraction of sp³-hybridized carbons (Fsp3) is 0.250. The topological polar surface area (TPSA) is 64.0 Å². The van der Waals surface area contributed by atoms with Gasteiger partial charge in [-0.3, -0.25) is 9.40 Å². The van der Waals surface area contributed by atoms with E-state index >= 15 is 0 Å². The first kappa shape index (κ1) is 20.7. The average molecular weight is 438 g/mol. The van der Waals surface area contributed by atoms with Gasteiger partial charge in [0.1, 0.15) is 0 Å². The minimum Gasteiger partial charge on any atom is -0.266 e. The first-order chi connectivity index (χ1) is 13.2. The Kier molecular flexibility index (Phi) is 6.33. The van der Waals surface area contributed by atoms with Crippen molar-refractivity contribution in [1.82, 2.24) is 9.78 Å². The minimum absolute atomic E-state index is 0.207. The Morgan fingerprint density at radius 1 is 1.00 bits per heavy atom. The number of hydrogen-bond acceptors (Lipinski definition) is 3. The molecule has 0 spiro atoms. The Balaban J connectivity index is 1.70. The molecule has 3 rings (SSSR count). The summed E-state index contributed by atoms with van der Waals surface area (Å²) in [6.07, 6.45) is 2.61. The Hall–Kier alpha value is -2.02. The zero-order chi connectivity index (χ0) is 20.3. The summed E-state index contributed by atoms with van der Waals surface area (Å²) in [5.41, 5.74) is 2.02. The third-order valence-corrected chi connectivity index (χ3v) is 6.20. The van der Waals surface area contributed by atoms with Crippen LogP contribution in [0.15, 0.2) is 59.6 Å². The molecule has 28 heavy (non-hydrogen) atoms. The first-order valence-corrected chi connectivity index (χ1v) is 11.1. The Morgan fingerprint density at radius 3 is 2.32 bits per heavy atom. The summed E-state index contributed by atoms with van der Waals surface area (Å²) in [6, 6.07) is 13.9. The molecular weight excluding hydrogens is 417 g/mol. The predicted octanol–water partition coefficient (Wildman–Crippen LogP) is 5.24. The maximum absolute atomic E-state index is 12.6. The van der Waals surface area contributed by atoms with Crippen molar-refractivity contribution in [2.45, 2.75) is 31.7 Å². The van der Waals surface area contributed by atoms with Gasteiger partial charge in [0.15, 0.2) is 5.82 Å². The van der Waals surface area contributed by atoms with Crippen LogP contribution in [0.4, 0.5) is 5.82 Å². The number of rotatable bonds is 7. The zero-order valence-corrected chi connectivity index (χ0v) is 17.9. The quantitative estimate of drug-likeness (QED) is 0.549. The van der Waals surface area contributed by atoms with Gasteiger partial charge >= 0.3 is 0 Å². The monoisotopic (exact) mass is 437 g/mol. The number of anilines is 1. The van der Waals surface area contributed by atoms with Crippen molar-refractivity contribution >= 4 is 39.0 Å². The number of nitrogens with zero attached hydrogens (tertiary/aromatic N) is 2. The van der Waals surface area contributed by atoms with Gasteiger partial charge in [0.05, 0.1) is 21.5 Å². The maximum atomic E-state index is 12.6. The van der Waals surface area contributed by atoms with Crippen LogP contribution >= 0.6 is 23.2 Å². The van der Waals surface area contributed by atoms with Gasteiger partial charge < -0.3 is 0 Å². The van der Waals surface area contributed by atoms with Crippen molar-refractivity contribution in [2.24, 2.45) is 5.92 Å². The zero-order valence-electron chi connectivity index (χ0n) is 15.6. The standard InChI is InChI=1S/C20H21Cl2N3O2S/c1-14(2)11-15-3-6-17(7-4-15)28(26,27)24-20-9-10-25(23-20)13-16-5-8-18(21)19(22)12-16/h3-10,12,14H,11,13H2,1-2H3,(H,23,24). The van der Waals surface area contributed by atoms with Crippen LogP contribution in [0.3, 0.4) is 0 Å². The van der Waals surface area contributed by atoms with E-state index in [1.165, 1.54) is 0 Å². The van der Waals surface area contributed by atoms with Crippen molar-refractivity contribution in [2.75, 3.05) is 4.72 Å². The highest BCUT2D eigenvalue weighted by Gasteiger charge is 2.16. The Bertz CT molecular complexity index is 1060. The largest absolute Gasteiger partial charge is 0.266 e. The van der Waals surface area contributed by atoms with E-state index in [-0.39, 0.29) is 10.7 Å². The van der Waals surface area contributed by atoms with E-state index in [2.05, 4.69) is 23.7 Å². The van der Waals surface area contributed by atoms with E-state index in [1.54, 1.807) is 41.2 Å². The van der Waals surface area contributed by atoms with Gasteiger partial charge in [0.25, 0.3) is 10.0 Å². The van der Waals surface area contributed by atoms with Crippen molar-refractivity contribution in [3.05, 3.63) is 75.9 Å². The van der Waals surface area contributed by atoms with Gasteiger partial charge in [-0.05, 0) is 47.7 Å². The molecule has 2 aromatic carbocycles. The molecule has 0 saturated heterocycles. The third kappa shape index (κ3) is 5.28. The van der Waals surface area contributed by atoms with E-state index in [0.717, 1.165) is 17.5 Å². The molecule has 0 aliphatic carbocycles. The van der Waals surface area contributed by atoms with Gasteiger partial charge in [0.2, 0.25) is 0 Å². The number of sulfonamides is 1. The van der Waals surface area contributed by atoms with Crippen LogP contribution in [0.1, 0.15) is 25.0 Å². The van der Waals surface area contributed by atoms with Crippen LogP contribution in [0.25, 0.3) is 0 Å². The summed E-state index contributed by atoms with van der Waals surface area (Å²) in [6.45, 7) is 4.70. The van der Waals surface area contributed by atoms with Crippen molar-refractivity contribution in [3.63, 3.8) is 0 Å². The van der Waals surface area contributed by atoms with Gasteiger partial charge in [-0.2, -0.15) is 5.10 Å². The molecule has 1 aromatic heterocycles. The summed E-state index contributed by atoms with van der Waals surface area (Å²) in [4.78, 5) is 0.207. The molecule has 148 valence electrons. The highest BCUT2D eigenvalue weighted by Crippen LogP contribution is 2.23. The Morgan fingerprint density at radius 2 is 1.68 bits per heavy atom. The summed E-state index contributed by atoms with van der Waals surface area (Å²) < 4.78 is 29.3. The lowest BCUT2D eigenvalue weighted by Gasteiger charge is -2.08. The molecule has 0 aliphatic rings. The van der Waals surface area contributed by atoms with Crippen molar-refractivity contribution < 1.29 is 8.42 Å². The van der Waals surface area contributed by atoms with Crippen molar-refractivity contribution in [3.8, 4) is 0 Å². The molecule has 1 N–H and O–H groups in total. The number of aromatic nitrogens is 2. The SMILES string of the molecule is CC(C)Cc1ccc(S(=O)(=O)Nc2ccn(Cc3ccc(Cl)c(Cl)c3)n2)cc1. The van der Waals surface area contributed by atoms with E-state index < -0.39 is 10.0 Å². The van der Waals surface area contributed by atoms with Crippen LogP contribution < -0.4 is 4.72 Å². The average Bonchev–Trinajstić information content (AvgIpc) is 3.04.